The average molecular weight is 705 g/mol. The van der Waals surface area contributed by atoms with Crippen LogP contribution in [0.3, 0.4) is 0 Å². The third kappa shape index (κ3) is 8.21. The van der Waals surface area contributed by atoms with Gasteiger partial charge in [0.05, 0.1) is 12.3 Å². The Morgan fingerprint density at radius 3 is 2.49 bits per heavy atom. The first-order valence-electron chi connectivity index (χ1n) is 16.5. The second kappa shape index (κ2) is 14.7. The fourth-order valence-corrected chi connectivity index (χ4v) is 6.91. The molecule has 0 radical (unpaired) electrons. The molecule has 2 aliphatic rings. The number of carbonyl (C=O) groups is 1. The number of halogens is 3. The predicted molar refractivity (Wildman–Crippen MR) is 179 cm³/mol. The number of nitrogens with zero attached hydrogens (tertiary/aromatic N) is 2. The van der Waals surface area contributed by atoms with E-state index in [1.807, 2.05) is 45.9 Å². The molecular weight excluding hydrogens is 661 g/mol. The van der Waals surface area contributed by atoms with Crippen molar-refractivity contribution in [2.24, 2.45) is 0 Å². The molecule has 266 valence electrons. The van der Waals surface area contributed by atoms with Crippen molar-refractivity contribution < 1.29 is 44.8 Å². The van der Waals surface area contributed by atoms with Gasteiger partial charge in [-0.2, -0.15) is 21.6 Å². The van der Waals surface area contributed by atoms with Crippen LogP contribution in [-0.4, -0.2) is 62.4 Å². The SMILES string of the molecule is CCCCc1nc(-c2ccc3c(c2)CCN(C(=O)OC(C)(C)C)C3)c2c(c1-c1ccccc1OCCOC)C(OS(=O)(=O)C(F)(F)F)CC2. The van der Waals surface area contributed by atoms with E-state index in [9.17, 15) is 26.4 Å². The molecule has 0 saturated carbocycles. The number of rotatable bonds is 11. The number of hydrogen-bond acceptors (Lipinski definition) is 8. The number of aromatic nitrogens is 1. The lowest BCUT2D eigenvalue weighted by molar-refractivity contribution is -0.0574. The maximum atomic E-state index is 13.6. The first kappa shape index (κ1) is 36.6. The monoisotopic (exact) mass is 704 g/mol. The molecule has 5 rings (SSSR count). The van der Waals surface area contributed by atoms with E-state index < -0.39 is 27.3 Å². The van der Waals surface area contributed by atoms with E-state index in [4.69, 9.17) is 23.4 Å². The summed E-state index contributed by atoms with van der Waals surface area (Å²) in [6.45, 7) is 8.88. The molecule has 1 amide bonds. The second-order valence-electron chi connectivity index (χ2n) is 13.3. The van der Waals surface area contributed by atoms with Gasteiger partial charge in [0.25, 0.3) is 0 Å². The van der Waals surface area contributed by atoms with Gasteiger partial charge in [0.15, 0.2) is 0 Å². The number of para-hydroxylation sites is 1. The highest BCUT2D eigenvalue weighted by Crippen LogP contribution is 2.49. The van der Waals surface area contributed by atoms with Crippen molar-refractivity contribution in [3.8, 4) is 28.1 Å². The number of unbranched alkanes of at least 4 members (excludes halogenated alkanes) is 1. The summed E-state index contributed by atoms with van der Waals surface area (Å²) in [6.07, 6.45) is 1.14. The summed E-state index contributed by atoms with van der Waals surface area (Å²) < 4.78 is 87.5. The van der Waals surface area contributed by atoms with Crippen LogP contribution in [0, 0.1) is 0 Å². The first-order chi connectivity index (χ1) is 23.1. The molecule has 2 heterocycles. The maximum absolute atomic E-state index is 13.6. The fourth-order valence-electron chi connectivity index (χ4n) is 6.31. The normalized spacial score (nSPS) is 16.3. The lowest BCUT2D eigenvalue weighted by Crippen LogP contribution is -2.39. The minimum Gasteiger partial charge on any atom is -0.491 e. The van der Waals surface area contributed by atoms with Gasteiger partial charge in [-0.1, -0.05) is 43.7 Å². The molecule has 1 aromatic heterocycles. The van der Waals surface area contributed by atoms with E-state index in [-0.39, 0.29) is 25.5 Å². The summed E-state index contributed by atoms with van der Waals surface area (Å²) in [5, 5.41) is 0. The zero-order valence-corrected chi connectivity index (χ0v) is 29.3. The molecule has 13 heteroatoms. The van der Waals surface area contributed by atoms with Gasteiger partial charge in [-0.25, -0.2) is 4.79 Å². The van der Waals surface area contributed by atoms with E-state index in [0.717, 1.165) is 29.5 Å². The van der Waals surface area contributed by atoms with Gasteiger partial charge < -0.3 is 19.1 Å². The van der Waals surface area contributed by atoms with Crippen molar-refractivity contribution in [3.63, 3.8) is 0 Å². The lowest BCUT2D eigenvalue weighted by Gasteiger charge is -2.31. The van der Waals surface area contributed by atoms with Crippen molar-refractivity contribution in [2.45, 2.75) is 90.0 Å². The Labute approximate surface area is 285 Å². The highest BCUT2D eigenvalue weighted by molar-refractivity contribution is 7.87. The van der Waals surface area contributed by atoms with Crippen molar-refractivity contribution >= 4 is 16.2 Å². The lowest BCUT2D eigenvalue weighted by atomic mass is 9.89. The van der Waals surface area contributed by atoms with Crippen LogP contribution in [0.25, 0.3) is 22.4 Å². The Hall–Kier alpha value is -3.68. The van der Waals surface area contributed by atoms with Crippen molar-refractivity contribution in [1.29, 1.82) is 0 Å². The number of benzene rings is 2. The zero-order chi connectivity index (χ0) is 35.6. The molecule has 0 spiro atoms. The van der Waals surface area contributed by atoms with Crippen LogP contribution in [-0.2, 0) is 49.6 Å². The summed E-state index contributed by atoms with van der Waals surface area (Å²) in [6, 6.07) is 13.0. The maximum Gasteiger partial charge on any atom is 0.523 e. The minimum atomic E-state index is -5.90. The number of methoxy groups -OCH3 is 1. The van der Waals surface area contributed by atoms with Crippen molar-refractivity contribution in [2.75, 3.05) is 26.9 Å². The third-order valence-corrected chi connectivity index (χ3v) is 9.59. The Bertz CT molecular complexity index is 1790. The molecule has 1 unspecified atom stereocenters. The number of hydrogen-bond donors (Lipinski definition) is 0. The molecule has 2 aromatic carbocycles. The molecule has 0 fully saturated rings. The number of amides is 1. The third-order valence-electron chi connectivity index (χ3n) is 8.53. The number of alkyl halides is 3. The van der Waals surface area contributed by atoms with Crippen LogP contribution in [0.1, 0.15) is 81.0 Å². The number of carbonyl (C=O) groups excluding carboxylic acids is 1. The standard InChI is InChI=1S/C36H43F3N2O7S/c1-6-7-11-28-31(26-10-8-9-12-29(26)46-20-19-45-5)32-27(15-16-30(32)48-49(43,44)36(37,38)39)33(40-28)24-13-14-25-22-41(18-17-23(25)21-24)34(42)47-35(2,3)4/h8-10,12-14,21,30H,6-7,11,15-20,22H2,1-5H3. The van der Waals surface area contributed by atoms with Crippen LogP contribution < -0.4 is 4.74 Å². The summed E-state index contributed by atoms with van der Waals surface area (Å²) in [7, 11) is -4.35. The summed E-state index contributed by atoms with van der Waals surface area (Å²) in [4.78, 5) is 19.6. The molecule has 9 nitrogen and oxygen atoms in total. The van der Waals surface area contributed by atoms with Crippen molar-refractivity contribution in [1.82, 2.24) is 9.88 Å². The van der Waals surface area contributed by atoms with Crippen molar-refractivity contribution in [3.05, 3.63) is 70.4 Å². The highest BCUT2D eigenvalue weighted by Gasteiger charge is 2.50. The number of aryl methyl sites for hydroxylation is 1. The van der Waals surface area contributed by atoms with Gasteiger partial charge in [-0.05, 0) is 87.3 Å². The molecule has 1 aliphatic carbocycles. The van der Waals surface area contributed by atoms with E-state index in [0.29, 0.717) is 71.9 Å². The Morgan fingerprint density at radius 2 is 1.80 bits per heavy atom. The topological polar surface area (TPSA) is 104 Å². The van der Waals surface area contributed by atoms with E-state index in [1.54, 1.807) is 36.3 Å². The van der Waals surface area contributed by atoms with Crippen LogP contribution >= 0.6 is 0 Å². The molecule has 0 saturated heterocycles. The second-order valence-corrected chi connectivity index (χ2v) is 14.8. The highest BCUT2D eigenvalue weighted by atomic mass is 32.2. The molecule has 0 N–H and O–H groups in total. The van der Waals surface area contributed by atoms with Crippen LogP contribution in [0.5, 0.6) is 5.75 Å². The molecule has 3 aromatic rings. The quantitative estimate of drug-likeness (QED) is 0.113. The number of ether oxygens (including phenoxy) is 3. The zero-order valence-electron chi connectivity index (χ0n) is 28.5. The van der Waals surface area contributed by atoms with E-state index in [1.165, 1.54) is 0 Å². The Morgan fingerprint density at radius 1 is 1.04 bits per heavy atom. The van der Waals surface area contributed by atoms with Gasteiger partial charge in [-0.15, -0.1) is 0 Å². The van der Waals surface area contributed by atoms with Gasteiger partial charge in [0.1, 0.15) is 24.1 Å². The predicted octanol–water partition coefficient (Wildman–Crippen LogP) is 7.93. The molecule has 49 heavy (non-hydrogen) atoms. The van der Waals surface area contributed by atoms with Gasteiger partial charge in [0.2, 0.25) is 0 Å². The van der Waals surface area contributed by atoms with E-state index >= 15 is 0 Å². The summed E-state index contributed by atoms with van der Waals surface area (Å²) >= 11 is 0. The molecule has 0 bridgehead atoms. The number of pyridine rings is 1. The molecular formula is C36H43F3N2O7S. The van der Waals surface area contributed by atoms with Crippen LogP contribution in [0.2, 0.25) is 0 Å². The van der Waals surface area contributed by atoms with Crippen LogP contribution in [0.4, 0.5) is 18.0 Å². The Kier molecular flexibility index (Phi) is 10.9. The van der Waals surface area contributed by atoms with Crippen LogP contribution in [0.15, 0.2) is 42.5 Å². The molecule has 1 aliphatic heterocycles. The van der Waals surface area contributed by atoms with Gasteiger partial charge in [-0.3, -0.25) is 9.17 Å². The number of fused-ring (bicyclic) bond motifs is 2. The molecule has 1 atom stereocenters. The summed E-state index contributed by atoms with van der Waals surface area (Å²) in [5.74, 6) is 0.474. The largest absolute Gasteiger partial charge is 0.523 e. The fraction of sp³-hybridized carbons (Fsp3) is 0.500. The minimum absolute atomic E-state index is 0.0199. The smallest absolute Gasteiger partial charge is 0.491 e. The average Bonchev–Trinajstić information content (AvgIpc) is 3.44. The Balaban J connectivity index is 1.65. The summed E-state index contributed by atoms with van der Waals surface area (Å²) in [5.41, 5.74) is -0.128. The first-order valence-corrected chi connectivity index (χ1v) is 17.9. The van der Waals surface area contributed by atoms with Gasteiger partial charge >= 0.3 is 21.7 Å². The van der Waals surface area contributed by atoms with E-state index in [2.05, 4.69) is 0 Å². The van der Waals surface area contributed by atoms with Gasteiger partial charge in [0, 0.05) is 42.6 Å².